The third-order valence-corrected chi connectivity index (χ3v) is 6.51. The number of hydrogen-bond acceptors (Lipinski definition) is 5. The van der Waals surface area contributed by atoms with Gasteiger partial charge in [-0.05, 0) is 44.7 Å². The number of nitrogens with zero attached hydrogens (tertiary/aromatic N) is 3. The molecule has 0 saturated carbocycles. The third kappa shape index (κ3) is 4.66. The molecule has 0 aromatic carbocycles. The summed E-state index contributed by atoms with van der Waals surface area (Å²) in [5.74, 6) is 2.07. The van der Waals surface area contributed by atoms with Crippen molar-refractivity contribution in [1.82, 2.24) is 20.1 Å². The largest absolute Gasteiger partial charge is 0.342 e. The van der Waals surface area contributed by atoms with Crippen molar-refractivity contribution in [1.29, 1.82) is 0 Å². The average molecular weight is 407 g/mol. The Hall–Kier alpha value is -0.400. The number of hydrogen-bond donors (Lipinski definition) is 1. The molecule has 0 unspecified atom stereocenters. The highest BCUT2D eigenvalue weighted by molar-refractivity contribution is 7.09. The molecule has 0 bridgehead atoms. The molecule has 3 aliphatic heterocycles. The van der Waals surface area contributed by atoms with E-state index in [9.17, 15) is 4.79 Å². The maximum absolute atomic E-state index is 12.8. The first-order valence-corrected chi connectivity index (χ1v) is 9.70. The summed E-state index contributed by atoms with van der Waals surface area (Å²) >= 11 is 1.72. The van der Waals surface area contributed by atoms with Crippen molar-refractivity contribution < 1.29 is 4.79 Å². The van der Waals surface area contributed by atoms with E-state index in [2.05, 4.69) is 32.4 Å². The first kappa shape index (κ1) is 20.9. The van der Waals surface area contributed by atoms with Gasteiger partial charge in [-0.25, -0.2) is 4.98 Å². The van der Waals surface area contributed by atoms with Crippen molar-refractivity contribution in [2.45, 2.75) is 26.3 Å². The molecular weight excluding hydrogens is 379 g/mol. The first-order valence-electron chi connectivity index (χ1n) is 8.82. The minimum absolute atomic E-state index is 0. The predicted octanol–water partition coefficient (Wildman–Crippen LogP) is 2.18. The number of amides is 1. The normalized spacial score (nSPS) is 26.8. The highest BCUT2D eigenvalue weighted by Crippen LogP contribution is 2.29. The van der Waals surface area contributed by atoms with Gasteiger partial charge in [0.15, 0.2) is 0 Å². The molecule has 0 radical (unpaired) electrons. The molecule has 4 rings (SSSR count). The minimum Gasteiger partial charge on any atom is -0.342 e. The predicted molar refractivity (Wildman–Crippen MR) is 106 cm³/mol. The molecule has 3 saturated heterocycles. The lowest BCUT2D eigenvalue weighted by Gasteiger charge is -2.33. The summed E-state index contributed by atoms with van der Waals surface area (Å²) in [6.07, 6.45) is 2.01. The van der Waals surface area contributed by atoms with Gasteiger partial charge < -0.3 is 10.2 Å². The molecule has 25 heavy (non-hydrogen) atoms. The minimum atomic E-state index is 0. The van der Waals surface area contributed by atoms with Crippen LogP contribution in [0.2, 0.25) is 0 Å². The van der Waals surface area contributed by atoms with Crippen molar-refractivity contribution in [3.8, 4) is 0 Å². The number of rotatable bonds is 3. The number of fused-ring (bicyclic) bond motifs is 1. The number of piperidine rings is 1. The van der Waals surface area contributed by atoms with Crippen LogP contribution in [0.1, 0.15) is 23.5 Å². The van der Waals surface area contributed by atoms with Crippen molar-refractivity contribution in [3.63, 3.8) is 0 Å². The molecule has 8 heteroatoms. The molecule has 1 amide bonds. The summed E-state index contributed by atoms with van der Waals surface area (Å²) in [4.78, 5) is 21.9. The third-order valence-electron chi connectivity index (χ3n) is 5.69. The van der Waals surface area contributed by atoms with Gasteiger partial charge in [-0.2, -0.15) is 0 Å². The van der Waals surface area contributed by atoms with Crippen LogP contribution in [0.15, 0.2) is 5.38 Å². The summed E-state index contributed by atoms with van der Waals surface area (Å²) in [6, 6.07) is 0. The van der Waals surface area contributed by atoms with Gasteiger partial charge in [0, 0.05) is 44.0 Å². The van der Waals surface area contributed by atoms with Gasteiger partial charge in [0.05, 0.1) is 10.7 Å². The van der Waals surface area contributed by atoms with Gasteiger partial charge in [0.25, 0.3) is 0 Å². The summed E-state index contributed by atoms with van der Waals surface area (Å²) in [5.41, 5.74) is 1.18. The van der Waals surface area contributed by atoms with E-state index in [0.717, 1.165) is 63.7 Å². The van der Waals surface area contributed by atoms with Crippen molar-refractivity contribution in [3.05, 3.63) is 16.1 Å². The zero-order chi connectivity index (χ0) is 15.8. The summed E-state index contributed by atoms with van der Waals surface area (Å²) in [5, 5.41) is 6.74. The fraction of sp³-hybridized carbons (Fsp3) is 0.765. The van der Waals surface area contributed by atoms with E-state index in [1.807, 2.05) is 0 Å². The van der Waals surface area contributed by atoms with Crippen molar-refractivity contribution >= 4 is 42.1 Å². The Balaban J connectivity index is 0.00000113. The molecule has 5 nitrogen and oxygen atoms in total. The van der Waals surface area contributed by atoms with Crippen LogP contribution in [-0.2, 0) is 11.3 Å². The fourth-order valence-corrected chi connectivity index (χ4v) is 4.95. The molecule has 1 N–H and O–H groups in total. The second-order valence-corrected chi connectivity index (χ2v) is 8.39. The van der Waals surface area contributed by atoms with E-state index in [-0.39, 0.29) is 30.7 Å². The van der Waals surface area contributed by atoms with Gasteiger partial charge in [-0.15, -0.1) is 36.2 Å². The Morgan fingerprint density at radius 1 is 1.24 bits per heavy atom. The number of carbonyl (C=O) groups excluding carboxylic acids is 1. The van der Waals surface area contributed by atoms with Gasteiger partial charge in [-0.1, -0.05) is 0 Å². The van der Waals surface area contributed by atoms with Crippen LogP contribution >= 0.6 is 36.2 Å². The molecular formula is C17H28Cl2N4OS. The molecule has 3 fully saturated rings. The van der Waals surface area contributed by atoms with Gasteiger partial charge in [0.1, 0.15) is 0 Å². The zero-order valence-corrected chi connectivity index (χ0v) is 17.1. The quantitative estimate of drug-likeness (QED) is 0.835. The maximum Gasteiger partial charge on any atom is 0.225 e. The lowest BCUT2D eigenvalue weighted by molar-refractivity contribution is -0.136. The Bertz CT molecular complexity index is 565. The van der Waals surface area contributed by atoms with E-state index < -0.39 is 0 Å². The van der Waals surface area contributed by atoms with Crippen molar-refractivity contribution in [2.24, 2.45) is 17.8 Å². The number of nitrogens with one attached hydrogen (secondary N) is 1. The molecule has 142 valence electrons. The molecule has 0 spiro atoms. The van der Waals surface area contributed by atoms with E-state index in [1.165, 1.54) is 5.69 Å². The second kappa shape index (κ2) is 9.00. The topological polar surface area (TPSA) is 48.5 Å². The highest BCUT2D eigenvalue weighted by Gasteiger charge is 2.40. The van der Waals surface area contributed by atoms with Crippen LogP contribution in [-0.4, -0.2) is 60.0 Å². The van der Waals surface area contributed by atoms with Crippen LogP contribution < -0.4 is 5.32 Å². The lowest BCUT2D eigenvalue weighted by atomic mass is 9.95. The number of halogens is 2. The Morgan fingerprint density at radius 3 is 2.44 bits per heavy atom. The number of thiazole rings is 1. The average Bonchev–Trinajstić information content (AvgIpc) is 3.23. The maximum atomic E-state index is 12.8. The molecule has 1 aromatic heterocycles. The SMILES string of the molecule is Cc1nc(CN2CCC(C(=O)N3C[C@H]4CNC[C@H]4C3)CC2)cs1.Cl.Cl. The number of carbonyl (C=O) groups is 1. The van der Waals surface area contributed by atoms with E-state index >= 15 is 0 Å². The highest BCUT2D eigenvalue weighted by atomic mass is 35.5. The van der Waals surface area contributed by atoms with Crippen LogP contribution in [0, 0.1) is 24.7 Å². The van der Waals surface area contributed by atoms with Crippen LogP contribution in [0.5, 0.6) is 0 Å². The Kier molecular flexibility index (Phi) is 7.52. The van der Waals surface area contributed by atoms with Crippen LogP contribution in [0.4, 0.5) is 0 Å². The standard InChI is InChI=1S/C17H26N4OS.2ClH/c1-12-19-16(11-23-12)10-20-4-2-13(3-5-20)17(22)21-8-14-6-18-7-15(14)9-21;;/h11,13-15,18H,2-10H2,1H3;2*1H/t14-,15+;;. The van der Waals surface area contributed by atoms with E-state index in [4.69, 9.17) is 0 Å². The second-order valence-electron chi connectivity index (χ2n) is 7.33. The van der Waals surface area contributed by atoms with E-state index in [0.29, 0.717) is 17.7 Å². The first-order chi connectivity index (χ1) is 11.2. The summed E-state index contributed by atoms with van der Waals surface area (Å²) < 4.78 is 0. The molecule has 4 heterocycles. The molecule has 0 aliphatic carbocycles. The number of aromatic nitrogens is 1. The smallest absolute Gasteiger partial charge is 0.225 e. The lowest BCUT2D eigenvalue weighted by Crippen LogP contribution is -2.42. The molecule has 3 aliphatic rings. The zero-order valence-electron chi connectivity index (χ0n) is 14.6. The summed E-state index contributed by atoms with van der Waals surface area (Å²) in [7, 11) is 0. The van der Waals surface area contributed by atoms with Crippen molar-refractivity contribution in [2.75, 3.05) is 39.3 Å². The fourth-order valence-electron chi connectivity index (χ4n) is 4.34. The van der Waals surface area contributed by atoms with Gasteiger partial charge in [-0.3, -0.25) is 9.69 Å². The van der Waals surface area contributed by atoms with Gasteiger partial charge in [0.2, 0.25) is 5.91 Å². The summed E-state index contributed by atoms with van der Waals surface area (Å²) in [6.45, 7) is 9.19. The van der Waals surface area contributed by atoms with Crippen LogP contribution in [0.25, 0.3) is 0 Å². The molecule has 2 atom stereocenters. The van der Waals surface area contributed by atoms with E-state index in [1.54, 1.807) is 11.3 Å². The Morgan fingerprint density at radius 2 is 1.88 bits per heavy atom. The van der Waals surface area contributed by atoms with Crippen LogP contribution in [0.3, 0.4) is 0 Å². The van der Waals surface area contributed by atoms with Gasteiger partial charge >= 0.3 is 0 Å². The Labute approximate surface area is 166 Å². The number of aryl methyl sites for hydroxylation is 1. The monoisotopic (exact) mass is 406 g/mol. The number of likely N-dealkylation sites (tertiary alicyclic amines) is 2. The molecule has 1 aromatic rings.